The van der Waals surface area contributed by atoms with E-state index in [-0.39, 0.29) is 18.4 Å². The van der Waals surface area contributed by atoms with E-state index in [4.69, 9.17) is 11.6 Å². The summed E-state index contributed by atoms with van der Waals surface area (Å²) in [6, 6.07) is 1.27. The van der Waals surface area contributed by atoms with Crippen LogP contribution in [0.25, 0.3) is 0 Å². The van der Waals surface area contributed by atoms with E-state index in [9.17, 15) is 9.59 Å². The highest BCUT2D eigenvalue weighted by Crippen LogP contribution is 2.29. The van der Waals surface area contributed by atoms with Crippen LogP contribution in [0.15, 0.2) is 11.4 Å². The average Bonchev–Trinajstić information content (AvgIpc) is 2.52. The van der Waals surface area contributed by atoms with Crippen molar-refractivity contribution < 1.29 is 9.59 Å². The van der Waals surface area contributed by atoms with Gasteiger partial charge in [-0.1, -0.05) is 11.6 Å². The molecule has 1 saturated heterocycles. The summed E-state index contributed by atoms with van der Waals surface area (Å²) in [5, 5.41) is 6.88. The Balaban J connectivity index is 2.24. The van der Waals surface area contributed by atoms with E-state index in [0.717, 1.165) is 5.56 Å². The first-order chi connectivity index (χ1) is 6.68. The van der Waals surface area contributed by atoms with Crippen LogP contribution in [0.3, 0.4) is 0 Å². The summed E-state index contributed by atoms with van der Waals surface area (Å²) < 4.78 is 0.576. The molecule has 0 saturated carbocycles. The van der Waals surface area contributed by atoms with Gasteiger partial charge in [0.25, 0.3) is 0 Å². The highest BCUT2D eigenvalue weighted by Gasteiger charge is 2.29. The van der Waals surface area contributed by atoms with E-state index in [1.54, 1.807) is 6.07 Å². The molecule has 1 aliphatic heterocycles. The van der Waals surface area contributed by atoms with Crippen LogP contribution >= 0.6 is 22.9 Å². The number of hydrogen-bond donors (Lipinski definition) is 2. The van der Waals surface area contributed by atoms with Crippen molar-refractivity contribution in [3.63, 3.8) is 0 Å². The van der Waals surface area contributed by atoms with Gasteiger partial charge in [-0.15, -0.1) is 11.3 Å². The molecule has 2 N–H and O–H groups in total. The van der Waals surface area contributed by atoms with Crippen molar-refractivity contribution in [3.8, 4) is 0 Å². The normalized spacial score (nSPS) is 22.2. The molecule has 2 rings (SSSR count). The number of hydrogen-bond acceptors (Lipinski definition) is 4. The van der Waals surface area contributed by atoms with Gasteiger partial charge in [0.1, 0.15) is 6.04 Å². The first kappa shape index (κ1) is 9.64. The van der Waals surface area contributed by atoms with E-state index in [1.165, 1.54) is 11.3 Å². The van der Waals surface area contributed by atoms with Gasteiger partial charge in [-0.2, -0.15) is 0 Å². The van der Waals surface area contributed by atoms with Crippen LogP contribution in [0, 0.1) is 0 Å². The molecule has 1 atom stereocenters. The van der Waals surface area contributed by atoms with Crippen molar-refractivity contribution in [2.75, 3.05) is 6.54 Å². The van der Waals surface area contributed by atoms with E-state index in [2.05, 4.69) is 10.6 Å². The minimum Gasteiger partial charge on any atom is -0.294 e. The number of piperazine rings is 1. The van der Waals surface area contributed by atoms with Crippen LogP contribution in [0.5, 0.6) is 0 Å². The van der Waals surface area contributed by atoms with Gasteiger partial charge in [0.2, 0.25) is 11.8 Å². The average molecular weight is 231 g/mol. The molecule has 0 spiro atoms. The molecule has 0 radical (unpaired) electrons. The van der Waals surface area contributed by atoms with Crippen LogP contribution in [0.4, 0.5) is 0 Å². The zero-order chi connectivity index (χ0) is 10.1. The lowest BCUT2D eigenvalue weighted by molar-refractivity contribution is -0.134. The summed E-state index contributed by atoms with van der Waals surface area (Å²) in [4.78, 5) is 22.3. The Morgan fingerprint density at radius 1 is 1.50 bits per heavy atom. The van der Waals surface area contributed by atoms with Crippen LogP contribution in [-0.2, 0) is 9.59 Å². The molecule has 74 valence electrons. The molecular weight excluding hydrogens is 224 g/mol. The molecule has 1 aliphatic rings. The van der Waals surface area contributed by atoms with Crippen molar-refractivity contribution in [2.45, 2.75) is 6.04 Å². The first-order valence-electron chi connectivity index (χ1n) is 3.98. The van der Waals surface area contributed by atoms with Crippen LogP contribution in [0.1, 0.15) is 11.6 Å². The highest BCUT2D eigenvalue weighted by atomic mass is 35.5. The lowest BCUT2D eigenvalue weighted by Crippen LogP contribution is -2.51. The van der Waals surface area contributed by atoms with Gasteiger partial charge in [0, 0.05) is 5.56 Å². The quantitative estimate of drug-likeness (QED) is 0.698. The van der Waals surface area contributed by atoms with E-state index >= 15 is 0 Å². The Bertz CT molecular complexity index is 390. The van der Waals surface area contributed by atoms with E-state index in [1.807, 2.05) is 5.38 Å². The molecule has 1 aromatic heterocycles. The fourth-order valence-electron chi connectivity index (χ4n) is 1.30. The van der Waals surface area contributed by atoms with Crippen molar-refractivity contribution in [1.29, 1.82) is 0 Å². The predicted molar refractivity (Wildman–Crippen MR) is 53.2 cm³/mol. The maximum atomic E-state index is 11.4. The molecule has 0 aromatic carbocycles. The summed E-state index contributed by atoms with van der Waals surface area (Å²) in [5.41, 5.74) is 0.724. The number of halogens is 1. The van der Waals surface area contributed by atoms with Gasteiger partial charge in [-0.05, 0) is 11.4 Å². The van der Waals surface area contributed by atoms with Crippen LogP contribution in [0.2, 0.25) is 4.34 Å². The Hall–Kier alpha value is -0.910. The predicted octanol–water partition coefficient (Wildman–Crippen LogP) is 0.689. The number of amides is 2. The maximum absolute atomic E-state index is 11.4. The molecular formula is C8H7ClN2O2S. The lowest BCUT2D eigenvalue weighted by atomic mass is 10.1. The monoisotopic (exact) mass is 230 g/mol. The third-order valence-electron chi connectivity index (χ3n) is 1.95. The van der Waals surface area contributed by atoms with Crippen molar-refractivity contribution in [3.05, 3.63) is 21.3 Å². The van der Waals surface area contributed by atoms with Gasteiger partial charge < -0.3 is 0 Å². The lowest BCUT2D eigenvalue weighted by Gasteiger charge is -2.21. The molecule has 0 aliphatic carbocycles. The minimum absolute atomic E-state index is 0.141. The van der Waals surface area contributed by atoms with Gasteiger partial charge in [-0.3, -0.25) is 20.2 Å². The molecule has 4 nitrogen and oxygen atoms in total. The van der Waals surface area contributed by atoms with Crippen molar-refractivity contribution in [2.24, 2.45) is 0 Å². The number of carbonyl (C=O) groups is 2. The molecule has 1 unspecified atom stereocenters. The summed E-state index contributed by atoms with van der Waals surface area (Å²) in [6.07, 6.45) is 0. The van der Waals surface area contributed by atoms with Gasteiger partial charge in [-0.25, -0.2) is 0 Å². The number of imide groups is 1. The van der Waals surface area contributed by atoms with Crippen molar-refractivity contribution in [1.82, 2.24) is 10.6 Å². The fourth-order valence-corrected chi connectivity index (χ4v) is 2.29. The van der Waals surface area contributed by atoms with Crippen LogP contribution in [-0.4, -0.2) is 18.4 Å². The highest BCUT2D eigenvalue weighted by molar-refractivity contribution is 7.14. The molecule has 0 bridgehead atoms. The number of rotatable bonds is 1. The Labute approximate surface area is 89.3 Å². The number of carbonyl (C=O) groups excluding carboxylic acids is 2. The number of nitrogens with one attached hydrogen (secondary N) is 2. The third kappa shape index (κ3) is 1.66. The zero-order valence-electron chi connectivity index (χ0n) is 7.04. The van der Waals surface area contributed by atoms with Crippen LogP contribution < -0.4 is 10.6 Å². The maximum Gasteiger partial charge on any atom is 0.248 e. The Kier molecular flexibility index (Phi) is 2.54. The second kappa shape index (κ2) is 3.68. The molecule has 2 heterocycles. The second-order valence-electron chi connectivity index (χ2n) is 2.88. The van der Waals surface area contributed by atoms with E-state index < -0.39 is 6.04 Å². The van der Waals surface area contributed by atoms with E-state index in [0.29, 0.717) is 4.34 Å². The second-order valence-corrected chi connectivity index (χ2v) is 4.39. The summed E-state index contributed by atoms with van der Waals surface area (Å²) >= 11 is 7.25. The summed E-state index contributed by atoms with van der Waals surface area (Å²) in [5.74, 6) is -0.654. The standard InChI is InChI=1S/C8H7ClN2O2S/c9-7-4(1-2-14-7)6-8(13)11-5(12)3-10-6/h1-2,6,10H,3H2,(H,11,12,13). The van der Waals surface area contributed by atoms with Gasteiger partial charge in [0.15, 0.2) is 0 Å². The molecule has 14 heavy (non-hydrogen) atoms. The topological polar surface area (TPSA) is 58.2 Å². The van der Waals surface area contributed by atoms with Gasteiger partial charge in [0.05, 0.1) is 10.9 Å². The molecule has 1 fully saturated rings. The fraction of sp³-hybridized carbons (Fsp3) is 0.250. The summed E-state index contributed by atoms with van der Waals surface area (Å²) in [6.45, 7) is 0.141. The molecule has 1 aromatic rings. The SMILES string of the molecule is O=C1CNC(c2ccsc2Cl)C(=O)N1. The minimum atomic E-state index is -0.508. The summed E-state index contributed by atoms with van der Waals surface area (Å²) in [7, 11) is 0. The molecule has 2 amide bonds. The Morgan fingerprint density at radius 2 is 2.29 bits per heavy atom. The molecule has 6 heteroatoms. The van der Waals surface area contributed by atoms with Gasteiger partial charge >= 0.3 is 0 Å². The largest absolute Gasteiger partial charge is 0.294 e. The third-order valence-corrected chi connectivity index (χ3v) is 3.15. The first-order valence-corrected chi connectivity index (χ1v) is 5.24. The smallest absolute Gasteiger partial charge is 0.248 e. The number of thiophene rings is 1. The zero-order valence-corrected chi connectivity index (χ0v) is 8.61. The van der Waals surface area contributed by atoms with Crippen molar-refractivity contribution >= 4 is 34.8 Å². The Morgan fingerprint density at radius 3 is 2.86 bits per heavy atom.